The molecule has 1 amide bonds. The minimum absolute atomic E-state index is 0.104. The van der Waals surface area contributed by atoms with Gasteiger partial charge >= 0.3 is 0 Å². The van der Waals surface area contributed by atoms with Gasteiger partial charge in [0.2, 0.25) is 5.91 Å². The number of nitro groups is 1. The maximum absolute atomic E-state index is 11.9. The number of nitrogens with one attached hydrogen (secondary N) is 2. The van der Waals surface area contributed by atoms with Crippen molar-refractivity contribution in [2.75, 3.05) is 18.5 Å². The molecule has 2 aromatic carbocycles. The van der Waals surface area contributed by atoms with Crippen LogP contribution in [0.1, 0.15) is 5.56 Å². The molecule has 9 heteroatoms. The molecule has 7 nitrogen and oxygen atoms in total. The summed E-state index contributed by atoms with van der Waals surface area (Å²) in [5, 5.41) is 26.0. The predicted octanol–water partition coefficient (Wildman–Crippen LogP) is 3.30. The van der Waals surface area contributed by atoms with Crippen LogP contribution in [-0.2, 0) is 11.2 Å². The summed E-state index contributed by atoms with van der Waals surface area (Å²) in [7, 11) is 0. The fourth-order valence-electron chi connectivity index (χ4n) is 2.14. The number of benzene rings is 2. The number of nitrogens with zero attached hydrogens (tertiary/aromatic N) is 1. The number of carbonyl (C=O) groups is 1. The average Bonchev–Trinajstić information content (AvgIpc) is 2.57. The van der Waals surface area contributed by atoms with E-state index in [9.17, 15) is 14.9 Å². The Morgan fingerprint density at radius 1 is 1.20 bits per heavy atom. The molecule has 3 N–H and O–H groups in total. The molecule has 0 aliphatic carbocycles. The number of hydrogen-bond donors (Lipinski definition) is 3. The van der Waals surface area contributed by atoms with Gasteiger partial charge in [0.05, 0.1) is 33.7 Å². The van der Waals surface area contributed by atoms with Crippen LogP contribution < -0.4 is 10.6 Å². The lowest BCUT2D eigenvalue weighted by Gasteiger charge is -2.14. The van der Waals surface area contributed by atoms with Crippen LogP contribution >= 0.6 is 23.2 Å². The fraction of sp³-hybridized carbons (Fsp3) is 0.188. The highest BCUT2D eigenvalue weighted by atomic mass is 35.5. The number of aliphatic hydroxyl groups is 1. The molecular formula is C16H15Cl2N3O4. The monoisotopic (exact) mass is 383 g/mol. The molecule has 0 saturated carbocycles. The van der Waals surface area contributed by atoms with E-state index in [1.807, 2.05) is 0 Å². The molecule has 0 saturated heterocycles. The van der Waals surface area contributed by atoms with Crippen molar-refractivity contribution in [2.24, 2.45) is 0 Å². The number of para-hydroxylation sites is 1. The van der Waals surface area contributed by atoms with Gasteiger partial charge in [0.1, 0.15) is 0 Å². The first kappa shape index (κ1) is 19.0. The maximum atomic E-state index is 11.9. The molecule has 2 aromatic rings. The van der Waals surface area contributed by atoms with E-state index in [1.165, 1.54) is 18.2 Å². The number of hydrogen-bond acceptors (Lipinski definition) is 5. The van der Waals surface area contributed by atoms with Gasteiger partial charge in [-0.1, -0.05) is 29.3 Å². The number of aliphatic hydroxyl groups excluding tert-OH is 1. The first-order valence-electron chi connectivity index (χ1n) is 7.28. The van der Waals surface area contributed by atoms with Gasteiger partial charge in [-0.3, -0.25) is 14.9 Å². The van der Waals surface area contributed by atoms with Gasteiger partial charge in [-0.2, -0.15) is 0 Å². The van der Waals surface area contributed by atoms with E-state index in [4.69, 9.17) is 28.3 Å². The highest BCUT2D eigenvalue weighted by Gasteiger charge is 2.15. The smallest absolute Gasteiger partial charge is 0.269 e. The summed E-state index contributed by atoms with van der Waals surface area (Å²) >= 11 is 12.3. The molecule has 132 valence electrons. The zero-order valence-electron chi connectivity index (χ0n) is 13.0. The van der Waals surface area contributed by atoms with Crippen molar-refractivity contribution in [1.82, 2.24) is 5.32 Å². The first-order valence-corrected chi connectivity index (χ1v) is 8.04. The van der Waals surface area contributed by atoms with Gasteiger partial charge in [0, 0.05) is 24.4 Å². The Kier molecular flexibility index (Phi) is 6.58. The van der Waals surface area contributed by atoms with Crippen LogP contribution in [0.3, 0.4) is 0 Å². The first-order chi connectivity index (χ1) is 11.9. The molecule has 25 heavy (non-hydrogen) atoms. The Hall–Kier alpha value is -2.35. The van der Waals surface area contributed by atoms with Crippen molar-refractivity contribution < 1.29 is 14.8 Å². The molecule has 0 aliphatic rings. The van der Waals surface area contributed by atoms with Crippen LogP contribution in [0.25, 0.3) is 0 Å². The van der Waals surface area contributed by atoms with Gasteiger partial charge in [-0.05, 0) is 23.8 Å². The topological polar surface area (TPSA) is 104 Å². The Morgan fingerprint density at radius 3 is 2.48 bits per heavy atom. The van der Waals surface area contributed by atoms with Gasteiger partial charge in [0.25, 0.3) is 5.69 Å². The van der Waals surface area contributed by atoms with Crippen molar-refractivity contribution in [3.63, 3.8) is 0 Å². The number of halogens is 2. The maximum Gasteiger partial charge on any atom is 0.269 e. The van der Waals surface area contributed by atoms with E-state index >= 15 is 0 Å². The Morgan fingerprint density at radius 2 is 1.88 bits per heavy atom. The highest BCUT2D eigenvalue weighted by molar-refractivity contribution is 6.39. The quantitative estimate of drug-likeness (QED) is 0.502. The predicted molar refractivity (Wildman–Crippen MR) is 96.6 cm³/mol. The van der Waals surface area contributed by atoms with Crippen LogP contribution in [0.2, 0.25) is 10.0 Å². The van der Waals surface area contributed by atoms with E-state index < -0.39 is 4.92 Å². The second-order valence-electron chi connectivity index (χ2n) is 5.07. The summed E-state index contributed by atoms with van der Waals surface area (Å²) in [6, 6.07) is 9.11. The number of non-ortho nitro benzene ring substituents is 1. The number of rotatable bonds is 7. The molecule has 0 bridgehead atoms. The molecule has 0 atom stereocenters. The molecule has 0 unspecified atom stereocenters. The van der Waals surface area contributed by atoms with E-state index in [2.05, 4.69) is 10.6 Å². The molecule has 2 rings (SSSR count). The number of nitro benzene ring substituents is 1. The molecule has 0 heterocycles. The Labute approximate surface area is 153 Å². The molecule has 0 radical (unpaired) electrons. The molecule has 0 fully saturated rings. The Balaban J connectivity index is 2.35. The van der Waals surface area contributed by atoms with E-state index in [-0.39, 0.29) is 31.2 Å². The van der Waals surface area contributed by atoms with Gasteiger partial charge in [0.15, 0.2) is 0 Å². The van der Waals surface area contributed by atoms with E-state index in [1.54, 1.807) is 18.2 Å². The third-order valence-electron chi connectivity index (χ3n) is 3.31. The normalized spacial score (nSPS) is 10.4. The number of amides is 1. The van der Waals surface area contributed by atoms with E-state index in [0.29, 0.717) is 27.0 Å². The second kappa shape index (κ2) is 8.66. The van der Waals surface area contributed by atoms with Crippen molar-refractivity contribution in [2.45, 2.75) is 6.42 Å². The minimum atomic E-state index is -0.540. The highest BCUT2D eigenvalue weighted by Crippen LogP contribution is 2.34. The second-order valence-corrected chi connectivity index (χ2v) is 5.88. The SMILES string of the molecule is O=C(Cc1cc([N+](=O)[O-])ccc1Nc1c(Cl)cccc1Cl)NCCO. The van der Waals surface area contributed by atoms with Crippen LogP contribution in [0.5, 0.6) is 0 Å². The summed E-state index contributed by atoms with van der Waals surface area (Å²) in [6.07, 6.45) is -0.105. The summed E-state index contributed by atoms with van der Waals surface area (Å²) in [5.41, 5.74) is 1.18. The molecule has 0 aliphatic heterocycles. The lowest BCUT2D eigenvalue weighted by molar-refractivity contribution is -0.384. The zero-order valence-corrected chi connectivity index (χ0v) is 14.5. The van der Waals surface area contributed by atoms with Crippen LogP contribution in [0.4, 0.5) is 17.1 Å². The summed E-state index contributed by atoms with van der Waals surface area (Å²) in [4.78, 5) is 22.4. The van der Waals surface area contributed by atoms with Crippen molar-refractivity contribution in [3.05, 3.63) is 62.1 Å². The molecule has 0 spiro atoms. The minimum Gasteiger partial charge on any atom is -0.395 e. The molecular weight excluding hydrogens is 369 g/mol. The van der Waals surface area contributed by atoms with Gasteiger partial charge in [-0.15, -0.1) is 0 Å². The van der Waals surface area contributed by atoms with Crippen LogP contribution in [0, 0.1) is 10.1 Å². The van der Waals surface area contributed by atoms with Gasteiger partial charge in [-0.25, -0.2) is 0 Å². The average molecular weight is 384 g/mol. The fourth-order valence-corrected chi connectivity index (χ4v) is 2.64. The van der Waals surface area contributed by atoms with Crippen molar-refractivity contribution in [3.8, 4) is 0 Å². The van der Waals surface area contributed by atoms with Crippen LogP contribution in [-0.4, -0.2) is 29.1 Å². The largest absolute Gasteiger partial charge is 0.395 e. The summed E-state index contributed by atoms with van der Waals surface area (Å²) in [6.45, 7) is -0.0894. The lowest BCUT2D eigenvalue weighted by atomic mass is 10.1. The van der Waals surface area contributed by atoms with Crippen molar-refractivity contribution >= 4 is 46.2 Å². The lowest BCUT2D eigenvalue weighted by Crippen LogP contribution is -2.28. The van der Waals surface area contributed by atoms with Gasteiger partial charge < -0.3 is 15.7 Å². The van der Waals surface area contributed by atoms with Crippen LogP contribution in [0.15, 0.2) is 36.4 Å². The Bertz CT molecular complexity index is 779. The number of carbonyl (C=O) groups excluding carboxylic acids is 1. The van der Waals surface area contributed by atoms with Crippen molar-refractivity contribution in [1.29, 1.82) is 0 Å². The summed E-state index contributed by atoms with van der Waals surface area (Å²) < 4.78 is 0. The molecule has 0 aromatic heterocycles. The third-order valence-corrected chi connectivity index (χ3v) is 3.94. The standard InChI is InChI=1S/C16H15Cl2N3O4/c17-12-2-1-3-13(18)16(12)20-14-5-4-11(21(24)25)8-10(14)9-15(23)19-6-7-22/h1-5,8,20,22H,6-7,9H2,(H,19,23). The van der Waals surface area contributed by atoms with E-state index in [0.717, 1.165) is 0 Å². The zero-order chi connectivity index (χ0) is 18.4. The number of anilines is 2. The third kappa shape index (κ3) is 5.06. The summed E-state index contributed by atoms with van der Waals surface area (Å²) in [5.74, 6) is -0.372.